The van der Waals surface area contributed by atoms with Crippen molar-refractivity contribution in [2.24, 2.45) is 0 Å². The number of benzene rings is 2. The third-order valence-electron chi connectivity index (χ3n) is 3.47. The number of aryl methyl sites for hydroxylation is 1. The fraction of sp³-hybridized carbons (Fsp3) is 0.263. The summed E-state index contributed by atoms with van der Waals surface area (Å²) in [6.45, 7) is 5.94. The molecule has 0 aliphatic heterocycles. The summed E-state index contributed by atoms with van der Waals surface area (Å²) in [6.07, 6.45) is 0. The number of carbonyl (C=O) groups is 2. The zero-order valence-corrected chi connectivity index (χ0v) is 14.1. The summed E-state index contributed by atoms with van der Waals surface area (Å²) in [5, 5.41) is 5.49. The number of para-hydroxylation sites is 2. The molecule has 2 amide bonds. The maximum Gasteiger partial charge on any atom is 0.251 e. The Labute approximate surface area is 142 Å². The molecule has 0 bridgehead atoms. The van der Waals surface area contributed by atoms with Gasteiger partial charge in [0.05, 0.1) is 12.3 Å². The Morgan fingerprint density at radius 2 is 1.88 bits per heavy atom. The first-order valence-corrected chi connectivity index (χ1v) is 7.91. The highest BCUT2D eigenvalue weighted by Crippen LogP contribution is 2.23. The lowest BCUT2D eigenvalue weighted by molar-refractivity contribution is -0.117. The molecule has 1 atom stereocenters. The Balaban J connectivity index is 2.01. The monoisotopic (exact) mass is 326 g/mol. The number of carbonyl (C=O) groups excluding carboxylic acids is 2. The van der Waals surface area contributed by atoms with Gasteiger partial charge in [0.25, 0.3) is 5.91 Å². The van der Waals surface area contributed by atoms with Crippen LogP contribution in [0.4, 0.5) is 5.69 Å². The van der Waals surface area contributed by atoms with Crippen LogP contribution in [-0.4, -0.2) is 24.5 Å². The van der Waals surface area contributed by atoms with Gasteiger partial charge >= 0.3 is 0 Å². The van der Waals surface area contributed by atoms with Crippen molar-refractivity contribution in [2.75, 3.05) is 11.9 Å². The molecule has 0 spiro atoms. The molecule has 0 heterocycles. The molecule has 0 radical (unpaired) electrons. The summed E-state index contributed by atoms with van der Waals surface area (Å²) in [5.74, 6) is 0.0214. The molecular weight excluding hydrogens is 304 g/mol. The Morgan fingerprint density at radius 3 is 2.58 bits per heavy atom. The first-order valence-electron chi connectivity index (χ1n) is 7.91. The smallest absolute Gasteiger partial charge is 0.251 e. The second kappa shape index (κ2) is 8.15. The molecule has 24 heavy (non-hydrogen) atoms. The van der Waals surface area contributed by atoms with Crippen molar-refractivity contribution in [3.05, 3.63) is 59.7 Å². The van der Waals surface area contributed by atoms with Gasteiger partial charge in [0, 0.05) is 5.56 Å². The topological polar surface area (TPSA) is 67.4 Å². The van der Waals surface area contributed by atoms with E-state index in [1.807, 2.05) is 38.1 Å². The second-order valence-electron chi connectivity index (χ2n) is 5.48. The van der Waals surface area contributed by atoms with Gasteiger partial charge in [-0.3, -0.25) is 9.59 Å². The predicted molar refractivity (Wildman–Crippen MR) is 94.3 cm³/mol. The third kappa shape index (κ3) is 4.59. The zero-order valence-electron chi connectivity index (χ0n) is 14.1. The summed E-state index contributed by atoms with van der Waals surface area (Å²) in [6, 6.07) is 13.8. The van der Waals surface area contributed by atoms with Crippen molar-refractivity contribution >= 4 is 17.5 Å². The SMILES string of the molecule is CCOc1ccccc1NC(=O)C(C)NC(=O)c1cccc(C)c1. The molecule has 126 valence electrons. The number of ether oxygens (including phenoxy) is 1. The molecule has 2 aromatic rings. The normalized spacial score (nSPS) is 11.5. The molecule has 5 heteroatoms. The van der Waals surface area contributed by atoms with Crippen molar-refractivity contribution in [3.63, 3.8) is 0 Å². The predicted octanol–water partition coefficient (Wildman–Crippen LogP) is 3.15. The first kappa shape index (κ1) is 17.5. The number of nitrogens with one attached hydrogen (secondary N) is 2. The van der Waals surface area contributed by atoms with Crippen molar-refractivity contribution in [2.45, 2.75) is 26.8 Å². The number of hydrogen-bond donors (Lipinski definition) is 2. The van der Waals surface area contributed by atoms with Crippen LogP contribution in [0.1, 0.15) is 29.8 Å². The van der Waals surface area contributed by atoms with Crippen LogP contribution in [0, 0.1) is 6.92 Å². The minimum absolute atomic E-state index is 0.278. The average Bonchev–Trinajstić information content (AvgIpc) is 2.56. The number of amides is 2. The van der Waals surface area contributed by atoms with E-state index in [9.17, 15) is 9.59 Å². The van der Waals surface area contributed by atoms with Crippen LogP contribution >= 0.6 is 0 Å². The summed E-state index contributed by atoms with van der Waals surface area (Å²) in [5.41, 5.74) is 2.11. The number of rotatable bonds is 6. The molecule has 2 N–H and O–H groups in total. The van der Waals surface area contributed by atoms with E-state index in [0.29, 0.717) is 23.6 Å². The van der Waals surface area contributed by atoms with E-state index in [1.54, 1.807) is 31.2 Å². The molecule has 5 nitrogen and oxygen atoms in total. The van der Waals surface area contributed by atoms with Gasteiger partial charge in [0.15, 0.2) is 0 Å². The highest BCUT2D eigenvalue weighted by atomic mass is 16.5. The fourth-order valence-corrected chi connectivity index (χ4v) is 2.22. The Hall–Kier alpha value is -2.82. The lowest BCUT2D eigenvalue weighted by atomic mass is 10.1. The standard InChI is InChI=1S/C19H22N2O3/c1-4-24-17-11-6-5-10-16(17)21-18(22)14(3)20-19(23)15-9-7-8-13(2)12-15/h5-12,14H,4H2,1-3H3,(H,20,23)(H,21,22). The zero-order chi connectivity index (χ0) is 17.5. The van der Waals surface area contributed by atoms with Gasteiger partial charge in [0.2, 0.25) is 5.91 Å². The summed E-state index contributed by atoms with van der Waals surface area (Å²) < 4.78 is 5.48. The second-order valence-corrected chi connectivity index (χ2v) is 5.48. The molecule has 2 aromatic carbocycles. The van der Waals surface area contributed by atoms with Gasteiger partial charge in [-0.15, -0.1) is 0 Å². The van der Waals surface area contributed by atoms with Crippen molar-refractivity contribution in [1.29, 1.82) is 0 Å². The number of hydrogen-bond acceptors (Lipinski definition) is 3. The van der Waals surface area contributed by atoms with E-state index >= 15 is 0 Å². The van der Waals surface area contributed by atoms with Crippen LogP contribution in [0.5, 0.6) is 5.75 Å². The summed E-state index contributed by atoms with van der Waals surface area (Å²) in [4.78, 5) is 24.5. The summed E-state index contributed by atoms with van der Waals surface area (Å²) in [7, 11) is 0. The fourth-order valence-electron chi connectivity index (χ4n) is 2.22. The molecule has 0 saturated carbocycles. The lowest BCUT2D eigenvalue weighted by Gasteiger charge is -2.16. The van der Waals surface area contributed by atoms with Crippen LogP contribution in [0.3, 0.4) is 0 Å². The Kier molecular flexibility index (Phi) is 5.95. The van der Waals surface area contributed by atoms with E-state index in [1.165, 1.54) is 0 Å². The van der Waals surface area contributed by atoms with Crippen molar-refractivity contribution in [1.82, 2.24) is 5.32 Å². The van der Waals surface area contributed by atoms with Gasteiger partial charge in [-0.2, -0.15) is 0 Å². The highest BCUT2D eigenvalue weighted by Gasteiger charge is 2.18. The number of anilines is 1. The van der Waals surface area contributed by atoms with Gasteiger partial charge < -0.3 is 15.4 Å². The minimum atomic E-state index is -0.673. The largest absolute Gasteiger partial charge is 0.492 e. The van der Waals surface area contributed by atoms with Crippen LogP contribution in [0.25, 0.3) is 0 Å². The lowest BCUT2D eigenvalue weighted by Crippen LogP contribution is -2.41. The van der Waals surface area contributed by atoms with Crippen LogP contribution < -0.4 is 15.4 Å². The van der Waals surface area contributed by atoms with Crippen LogP contribution in [0.2, 0.25) is 0 Å². The molecule has 0 fully saturated rings. The molecule has 0 aliphatic rings. The van der Waals surface area contributed by atoms with Crippen LogP contribution in [0.15, 0.2) is 48.5 Å². The van der Waals surface area contributed by atoms with E-state index < -0.39 is 6.04 Å². The van der Waals surface area contributed by atoms with Gasteiger partial charge in [-0.05, 0) is 45.0 Å². The van der Waals surface area contributed by atoms with E-state index in [0.717, 1.165) is 5.56 Å². The molecule has 0 aromatic heterocycles. The molecule has 1 unspecified atom stereocenters. The highest BCUT2D eigenvalue weighted by molar-refractivity contribution is 6.01. The molecule has 0 saturated heterocycles. The molecular formula is C19H22N2O3. The maximum absolute atomic E-state index is 12.3. The first-order chi connectivity index (χ1) is 11.5. The van der Waals surface area contributed by atoms with Crippen molar-refractivity contribution in [3.8, 4) is 5.75 Å². The summed E-state index contributed by atoms with van der Waals surface area (Å²) >= 11 is 0. The van der Waals surface area contributed by atoms with Crippen LogP contribution in [-0.2, 0) is 4.79 Å². The van der Waals surface area contributed by atoms with Gasteiger partial charge in [0.1, 0.15) is 11.8 Å². The van der Waals surface area contributed by atoms with Crippen molar-refractivity contribution < 1.29 is 14.3 Å². The molecule has 0 aliphatic carbocycles. The average molecular weight is 326 g/mol. The van der Waals surface area contributed by atoms with Gasteiger partial charge in [-0.1, -0.05) is 29.8 Å². The third-order valence-corrected chi connectivity index (χ3v) is 3.47. The van der Waals surface area contributed by atoms with E-state index in [4.69, 9.17) is 4.74 Å². The quantitative estimate of drug-likeness (QED) is 0.857. The Bertz CT molecular complexity index is 728. The Morgan fingerprint density at radius 1 is 1.12 bits per heavy atom. The van der Waals surface area contributed by atoms with E-state index in [-0.39, 0.29) is 11.8 Å². The molecule has 2 rings (SSSR count). The minimum Gasteiger partial charge on any atom is -0.492 e. The van der Waals surface area contributed by atoms with E-state index in [2.05, 4.69) is 10.6 Å². The van der Waals surface area contributed by atoms with Gasteiger partial charge in [-0.25, -0.2) is 0 Å². The maximum atomic E-state index is 12.3.